The molecule has 1 aliphatic rings. The quantitative estimate of drug-likeness (QED) is 0.676. The van der Waals surface area contributed by atoms with E-state index in [1.54, 1.807) is 11.3 Å². The summed E-state index contributed by atoms with van der Waals surface area (Å²) in [7, 11) is 0. The van der Waals surface area contributed by atoms with Gasteiger partial charge in [0, 0.05) is 37.1 Å². The van der Waals surface area contributed by atoms with Crippen LogP contribution in [0, 0.1) is 0 Å². The third-order valence-electron chi connectivity index (χ3n) is 3.38. The lowest BCUT2D eigenvalue weighted by Gasteiger charge is -2.34. The van der Waals surface area contributed by atoms with Crippen LogP contribution in [0.2, 0.25) is 0 Å². The van der Waals surface area contributed by atoms with E-state index in [2.05, 4.69) is 39.9 Å². The number of hydrogen-bond donors (Lipinski definition) is 1. The van der Waals surface area contributed by atoms with Crippen molar-refractivity contribution in [2.45, 2.75) is 0 Å². The van der Waals surface area contributed by atoms with Crippen molar-refractivity contribution in [1.82, 2.24) is 9.88 Å². The molecule has 104 valence electrons. The number of nitrogens with zero attached hydrogens (tertiary/aromatic N) is 3. The van der Waals surface area contributed by atoms with Gasteiger partial charge in [0.05, 0.1) is 5.69 Å². The Kier molecular flexibility index (Phi) is 4.24. The van der Waals surface area contributed by atoms with Crippen LogP contribution in [0.1, 0.15) is 0 Å². The second kappa shape index (κ2) is 6.11. The maximum absolute atomic E-state index is 5.10. The van der Waals surface area contributed by atoms with Crippen LogP contribution in [0.5, 0.6) is 0 Å². The zero-order chi connectivity index (χ0) is 13.9. The van der Waals surface area contributed by atoms with Gasteiger partial charge in [0.25, 0.3) is 0 Å². The first-order valence-electron chi connectivity index (χ1n) is 6.48. The Bertz CT molecular complexity index is 589. The molecule has 3 nitrogen and oxygen atoms in total. The van der Waals surface area contributed by atoms with Gasteiger partial charge in [0.2, 0.25) is 0 Å². The predicted molar refractivity (Wildman–Crippen MR) is 92.9 cm³/mol. The normalized spacial score (nSPS) is 15.4. The second-order valence-electron chi connectivity index (χ2n) is 4.64. The fraction of sp³-hybridized carbons (Fsp3) is 0.286. The van der Waals surface area contributed by atoms with Crippen molar-refractivity contribution in [1.29, 1.82) is 0 Å². The van der Waals surface area contributed by atoms with Crippen molar-refractivity contribution < 1.29 is 0 Å². The molecule has 1 aromatic heterocycles. The molecule has 20 heavy (non-hydrogen) atoms. The van der Waals surface area contributed by atoms with Gasteiger partial charge in [0.1, 0.15) is 4.32 Å². The number of rotatable bonds is 2. The standard InChI is InChI=1S/C14H15N3S3/c18-14(19)17-8-6-16(7-9-17)13-15-12(10-20-13)11-4-2-1-3-5-11/h1-5,10H,6-9H2,(H,18,19). The van der Waals surface area contributed by atoms with Crippen molar-refractivity contribution in [2.75, 3.05) is 31.1 Å². The summed E-state index contributed by atoms with van der Waals surface area (Å²) in [6.45, 7) is 3.73. The first kappa shape index (κ1) is 13.9. The fourth-order valence-corrected chi connectivity index (χ4v) is 3.51. The van der Waals surface area contributed by atoms with Crippen molar-refractivity contribution >= 4 is 45.6 Å². The van der Waals surface area contributed by atoms with Crippen molar-refractivity contribution in [3.05, 3.63) is 35.7 Å². The van der Waals surface area contributed by atoms with E-state index in [1.807, 2.05) is 18.2 Å². The summed E-state index contributed by atoms with van der Waals surface area (Å²) >= 11 is 11.0. The molecule has 0 saturated carbocycles. The summed E-state index contributed by atoms with van der Waals surface area (Å²) in [5, 5.41) is 3.22. The largest absolute Gasteiger partial charge is 0.354 e. The van der Waals surface area contributed by atoms with Gasteiger partial charge < -0.3 is 9.80 Å². The number of aromatic nitrogens is 1. The van der Waals surface area contributed by atoms with Crippen molar-refractivity contribution in [3.8, 4) is 11.3 Å². The summed E-state index contributed by atoms with van der Waals surface area (Å²) in [5.41, 5.74) is 2.22. The van der Waals surface area contributed by atoms with Crippen LogP contribution in [-0.2, 0) is 0 Å². The molecule has 0 N–H and O–H groups in total. The fourth-order valence-electron chi connectivity index (χ4n) is 2.24. The van der Waals surface area contributed by atoms with Crippen LogP contribution in [-0.4, -0.2) is 40.4 Å². The number of thiol groups is 1. The molecular weight excluding hydrogens is 306 g/mol. The van der Waals surface area contributed by atoms with Gasteiger partial charge in [-0.05, 0) is 0 Å². The number of thiazole rings is 1. The number of benzene rings is 1. The molecule has 6 heteroatoms. The Morgan fingerprint density at radius 2 is 1.85 bits per heavy atom. The van der Waals surface area contributed by atoms with E-state index in [4.69, 9.17) is 17.2 Å². The minimum atomic E-state index is 0.689. The van der Waals surface area contributed by atoms with Crippen molar-refractivity contribution in [3.63, 3.8) is 0 Å². The number of piperazine rings is 1. The molecule has 2 heterocycles. The predicted octanol–water partition coefficient (Wildman–Crippen LogP) is 3.15. The lowest BCUT2D eigenvalue weighted by molar-refractivity contribution is 0.397. The molecular formula is C14H15N3S3. The first-order valence-corrected chi connectivity index (χ1v) is 8.21. The minimum absolute atomic E-state index is 0.689. The zero-order valence-corrected chi connectivity index (χ0v) is 13.4. The average molecular weight is 321 g/mol. The van der Waals surface area contributed by atoms with E-state index in [0.717, 1.165) is 37.0 Å². The van der Waals surface area contributed by atoms with Crippen LogP contribution < -0.4 is 4.90 Å². The maximum atomic E-state index is 5.10. The van der Waals surface area contributed by atoms with Crippen LogP contribution in [0.4, 0.5) is 5.13 Å². The number of anilines is 1. The van der Waals surface area contributed by atoms with Gasteiger partial charge in [-0.1, -0.05) is 42.5 Å². The molecule has 0 spiro atoms. The zero-order valence-electron chi connectivity index (χ0n) is 10.9. The molecule has 1 aromatic carbocycles. The smallest absolute Gasteiger partial charge is 0.185 e. The third-order valence-corrected chi connectivity index (χ3v) is 4.82. The van der Waals surface area contributed by atoms with Gasteiger partial charge in [-0.15, -0.1) is 24.0 Å². The Hall–Kier alpha value is -1.11. The first-order chi connectivity index (χ1) is 9.74. The highest BCUT2D eigenvalue weighted by atomic mass is 32.1. The van der Waals surface area contributed by atoms with E-state index in [9.17, 15) is 0 Å². The van der Waals surface area contributed by atoms with Gasteiger partial charge in [0.15, 0.2) is 5.13 Å². The summed E-state index contributed by atoms with van der Waals surface area (Å²) in [6, 6.07) is 10.3. The van der Waals surface area contributed by atoms with Crippen LogP contribution >= 0.6 is 36.2 Å². The molecule has 1 aliphatic heterocycles. The lowest BCUT2D eigenvalue weighted by atomic mass is 10.2. The monoisotopic (exact) mass is 321 g/mol. The van der Waals surface area contributed by atoms with E-state index >= 15 is 0 Å². The Balaban J connectivity index is 1.71. The summed E-state index contributed by atoms with van der Waals surface area (Å²) < 4.78 is 0.689. The minimum Gasteiger partial charge on any atom is -0.354 e. The van der Waals surface area contributed by atoms with Gasteiger partial charge in [-0.3, -0.25) is 0 Å². The summed E-state index contributed by atoms with van der Waals surface area (Å²) in [5.74, 6) is 0. The number of thiocarbonyl (C=S) groups is 1. The van der Waals surface area contributed by atoms with E-state index < -0.39 is 0 Å². The van der Waals surface area contributed by atoms with Crippen LogP contribution in [0.25, 0.3) is 11.3 Å². The van der Waals surface area contributed by atoms with E-state index in [0.29, 0.717) is 4.32 Å². The topological polar surface area (TPSA) is 19.4 Å². The molecule has 1 fully saturated rings. The third kappa shape index (κ3) is 2.97. The van der Waals surface area contributed by atoms with E-state index in [1.165, 1.54) is 5.56 Å². The Morgan fingerprint density at radius 1 is 1.15 bits per heavy atom. The molecule has 2 aromatic rings. The Morgan fingerprint density at radius 3 is 2.50 bits per heavy atom. The van der Waals surface area contributed by atoms with Crippen molar-refractivity contribution in [2.24, 2.45) is 0 Å². The lowest BCUT2D eigenvalue weighted by Crippen LogP contribution is -2.47. The molecule has 0 radical (unpaired) electrons. The van der Waals surface area contributed by atoms with Crippen LogP contribution in [0.3, 0.4) is 0 Å². The molecule has 1 saturated heterocycles. The molecule has 3 rings (SSSR count). The molecule has 0 amide bonds. The highest BCUT2D eigenvalue weighted by Crippen LogP contribution is 2.27. The average Bonchev–Trinajstić information content (AvgIpc) is 2.98. The summed E-state index contributed by atoms with van der Waals surface area (Å²) in [4.78, 5) is 9.19. The molecule has 0 unspecified atom stereocenters. The van der Waals surface area contributed by atoms with Gasteiger partial charge in [-0.2, -0.15) is 0 Å². The second-order valence-corrected chi connectivity index (χ2v) is 6.59. The highest BCUT2D eigenvalue weighted by molar-refractivity contribution is 8.10. The SMILES string of the molecule is S=C(S)N1CCN(c2nc(-c3ccccc3)cs2)CC1. The van der Waals surface area contributed by atoms with Crippen LogP contribution in [0.15, 0.2) is 35.7 Å². The molecule has 0 bridgehead atoms. The highest BCUT2D eigenvalue weighted by Gasteiger charge is 2.19. The number of hydrogen-bond acceptors (Lipinski definition) is 4. The Labute approximate surface area is 133 Å². The van der Waals surface area contributed by atoms with Gasteiger partial charge in [-0.25, -0.2) is 4.98 Å². The molecule has 0 atom stereocenters. The maximum Gasteiger partial charge on any atom is 0.185 e. The van der Waals surface area contributed by atoms with Gasteiger partial charge >= 0.3 is 0 Å². The molecule has 0 aliphatic carbocycles. The summed E-state index contributed by atoms with van der Waals surface area (Å²) in [6.07, 6.45) is 0. The van der Waals surface area contributed by atoms with E-state index in [-0.39, 0.29) is 0 Å².